The van der Waals surface area contributed by atoms with Gasteiger partial charge in [-0.2, -0.15) is 4.31 Å². The summed E-state index contributed by atoms with van der Waals surface area (Å²) in [5.74, 6) is -0.240. The van der Waals surface area contributed by atoms with Gasteiger partial charge in [0.05, 0.1) is 9.70 Å². The van der Waals surface area contributed by atoms with Gasteiger partial charge in [-0.15, -0.1) is 11.3 Å². The second kappa shape index (κ2) is 7.07. The smallest absolute Gasteiger partial charge is 0.252 e. The van der Waals surface area contributed by atoms with Gasteiger partial charge >= 0.3 is 0 Å². The number of fused-ring (bicyclic) bond motifs is 1. The monoisotopic (exact) mass is 454 g/mol. The van der Waals surface area contributed by atoms with Crippen LogP contribution in [0.1, 0.15) is 18.4 Å². The van der Waals surface area contributed by atoms with E-state index in [2.05, 4.69) is 22.0 Å². The molecule has 1 aromatic carbocycles. The van der Waals surface area contributed by atoms with Crippen molar-refractivity contribution in [2.75, 3.05) is 24.5 Å². The normalized spacial score (nSPS) is 21.0. The molecule has 1 unspecified atom stereocenters. The maximum atomic E-state index is 13.1. The van der Waals surface area contributed by atoms with E-state index in [9.17, 15) is 13.2 Å². The fourth-order valence-corrected chi connectivity index (χ4v) is 7.40. The van der Waals surface area contributed by atoms with Crippen LogP contribution < -0.4 is 4.90 Å². The van der Waals surface area contributed by atoms with Crippen molar-refractivity contribution in [3.63, 3.8) is 0 Å². The van der Waals surface area contributed by atoms with Crippen LogP contribution in [0.5, 0.6) is 0 Å². The topological polar surface area (TPSA) is 57.7 Å². The van der Waals surface area contributed by atoms with Crippen LogP contribution in [0.15, 0.2) is 44.4 Å². The fraction of sp³-hybridized carbons (Fsp3) is 0.389. The van der Waals surface area contributed by atoms with Gasteiger partial charge < -0.3 is 4.90 Å². The first-order chi connectivity index (χ1) is 12.5. The Morgan fingerprint density at radius 1 is 1.15 bits per heavy atom. The van der Waals surface area contributed by atoms with Gasteiger partial charge in [-0.1, -0.05) is 18.2 Å². The molecule has 2 aromatic rings. The summed E-state index contributed by atoms with van der Waals surface area (Å²) in [6.07, 6.45) is 2.30. The van der Waals surface area contributed by atoms with Gasteiger partial charge in [0.2, 0.25) is 5.91 Å². The van der Waals surface area contributed by atoms with Crippen LogP contribution in [0.3, 0.4) is 0 Å². The van der Waals surface area contributed by atoms with Crippen molar-refractivity contribution in [2.24, 2.45) is 5.92 Å². The molecule has 5 nitrogen and oxygen atoms in total. The number of hydrogen-bond acceptors (Lipinski definition) is 4. The lowest BCUT2D eigenvalue weighted by Gasteiger charge is -2.33. The van der Waals surface area contributed by atoms with Crippen molar-refractivity contribution < 1.29 is 13.2 Å². The number of nitrogens with zero attached hydrogens (tertiary/aromatic N) is 2. The van der Waals surface area contributed by atoms with Crippen molar-refractivity contribution in [3.8, 4) is 0 Å². The number of benzene rings is 1. The maximum Gasteiger partial charge on any atom is 0.252 e. The average Bonchev–Trinajstić information content (AvgIpc) is 3.28. The molecular weight excluding hydrogens is 436 g/mol. The quantitative estimate of drug-likeness (QED) is 0.712. The Kier molecular flexibility index (Phi) is 4.94. The van der Waals surface area contributed by atoms with E-state index in [1.54, 1.807) is 12.1 Å². The standard InChI is InChI=1S/C18H19BrN2O3S2/c19-16-7-8-17(25-16)26(23,24)20-10-3-5-14(12-20)18(22)21-11-9-13-4-1-2-6-15(13)21/h1-2,4,6-8,14H,3,5,9-12H2. The Labute approximate surface area is 165 Å². The number of carbonyl (C=O) groups excluding carboxylic acids is 1. The zero-order valence-corrected chi connectivity index (χ0v) is 17.3. The number of amides is 1. The van der Waals surface area contributed by atoms with Crippen LogP contribution in [0, 0.1) is 5.92 Å². The van der Waals surface area contributed by atoms with Gasteiger partial charge in [0.1, 0.15) is 4.21 Å². The SMILES string of the molecule is O=C(C1CCCN(S(=O)(=O)c2ccc(Br)s2)C1)N1CCc2ccccc21. The van der Waals surface area contributed by atoms with Gasteiger partial charge in [0.25, 0.3) is 10.0 Å². The summed E-state index contributed by atoms with van der Waals surface area (Å²) in [6.45, 7) is 1.41. The molecule has 26 heavy (non-hydrogen) atoms. The molecule has 0 radical (unpaired) electrons. The van der Waals surface area contributed by atoms with Crippen molar-refractivity contribution in [3.05, 3.63) is 45.7 Å². The summed E-state index contributed by atoms with van der Waals surface area (Å²) >= 11 is 4.52. The van der Waals surface area contributed by atoms with Gasteiger partial charge in [-0.05, 0) is 59.0 Å². The Balaban J connectivity index is 1.53. The van der Waals surface area contributed by atoms with Crippen molar-refractivity contribution in [1.29, 1.82) is 0 Å². The molecule has 3 heterocycles. The van der Waals surface area contributed by atoms with E-state index in [0.29, 0.717) is 23.7 Å². The molecule has 4 rings (SSSR count). The molecule has 2 aliphatic rings. The molecule has 0 saturated carbocycles. The van der Waals surface area contributed by atoms with E-state index >= 15 is 0 Å². The van der Waals surface area contributed by atoms with Crippen LogP contribution >= 0.6 is 27.3 Å². The lowest BCUT2D eigenvalue weighted by molar-refractivity contribution is -0.123. The number of sulfonamides is 1. The van der Waals surface area contributed by atoms with E-state index in [4.69, 9.17) is 0 Å². The minimum atomic E-state index is -3.54. The molecule has 8 heteroatoms. The van der Waals surface area contributed by atoms with Crippen LogP contribution in [0.4, 0.5) is 5.69 Å². The molecule has 0 bridgehead atoms. The molecule has 1 saturated heterocycles. The molecule has 0 spiro atoms. The zero-order chi connectivity index (χ0) is 18.3. The molecular formula is C18H19BrN2O3S2. The average molecular weight is 455 g/mol. The summed E-state index contributed by atoms with van der Waals surface area (Å²) in [6, 6.07) is 11.3. The number of hydrogen-bond donors (Lipinski definition) is 0. The highest BCUT2D eigenvalue weighted by atomic mass is 79.9. The highest BCUT2D eigenvalue weighted by molar-refractivity contribution is 9.11. The van der Waals surface area contributed by atoms with Gasteiger partial charge in [0, 0.05) is 25.3 Å². The second-order valence-electron chi connectivity index (χ2n) is 6.63. The highest BCUT2D eigenvalue weighted by Crippen LogP contribution is 2.33. The first kappa shape index (κ1) is 18.2. The molecule has 0 aliphatic carbocycles. The number of anilines is 1. The fourth-order valence-electron chi connectivity index (χ4n) is 3.71. The first-order valence-electron chi connectivity index (χ1n) is 8.61. The van der Waals surface area contributed by atoms with E-state index in [1.165, 1.54) is 21.2 Å². The van der Waals surface area contributed by atoms with Gasteiger partial charge in [-0.25, -0.2) is 8.42 Å². The largest absolute Gasteiger partial charge is 0.312 e. The summed E-state index contributed by atoms with van der Waals surface area (Å²) in [5.41, 5.74) is 2.16. The minimum absolute atomic E-state index is 0.0437. The molecule has 138 valence electrons. The van der Waals surface area contributed by atoms with Gasteiger partial charge in [0.15, 0.2) is 0 Å². The number of thiophene rings is 1. The second-order valence-corrected chi connectivity index (χ2v) is 11.3. The Hall–Kier alpha value is -1.22. The lowest BCUT2D eigenvalue weighted by atomic mass is 9.98. The predicted octanol–water partition coefficient (Wildman–Crippen LogP) is 3.50. The van der Waals surface area contributed by atoms with Crippen molar-refractivity contribution >= 4 is 48.9 Å². The molecule has 1 atom stereocenters. The molecule has 1 amide bonds. The third-order valence-electron chi connectivity index (χ3n) is 5.03. The number of rotatable bonds is 3. The number of carbonyl (C=O) groups is 1. The molecule has 1 fully saturated rings. The Morgan fingerprint density at radius 2 is 1.96 bits per heavy atom. The van der Waals surface area contributed by atoms with Crippen LogP contribution in [-0.4, -0.2) is 38.3 Å². The van der Waals surface area contributed by atoms with Crippen LogP contribution in [0.25, 0.3) is 0 Å². The van der Waals surface area contributed by atoms with Gasteiger partial charge in [-0.3, -0.25) is 4.79 Å². The highest BCUT2D eigenvalue weighted by Gasteiger charge is 2.37. The van der Waals surface area contributed by atoms with Crippen molar-refractivity contribution in [2.45, 2.75) is 23.5 Å². The first-order valence-corrected chi connectivity index (χ1v) is 11.7. The molecule has 2 aliphatic heterocycles. The number of halogens is 1. The summed E-state index contributed by atoms with van der Waals surface area (Å²) in [4.78, 5) is 14.9. The number of piperidine rings is 1. The third-order valence-corrected chi connectivity index (χ3v) is 8.99. The lowest BCUT2D eigenvalue weighted by Crippen LogP contribution is -2.46. The van der Waals surface area contributed by atoms with Crippen LogP contribution in [0.2, 0.25) is 0 Å². The summed E-state index contributed by atoms with van der Waals surface area (Å²) in [5, 5.41) is 0. The van der Waals surface area contributed by atoms with Crippen molar-refractivity contribution in [1.82, 2.24) is 4.31 Å². The minimum Gasteiger partial charge on any atom is -0.312 e. The Bertz CT molecular complexity index is 941. The summed E-state index contributed by atoms with van der Waals surface area (Å²) in [7, 11) is -3.54. The third kappa shape index (κ3) is 3.24. The Morgan fingerprint density at radius 3 is 2.73 bits per heavy atom. The predicted molar refractivity (Wildman–Crippen MR) is 106 cm³/mol. The van der Waals surface area contributed by atoms with E-state index < -0.39 is 10.0 Å². The maximum absolute atomic E-state index is 13.1. The summed E-state index contributed by atoms with van der Waals surface area (Å²) < 4.78 is 28.3. The molecule has 0 N–H and O–H groups in total. The van der Waals surface area contributed by atoms with E-state index in [1.807, 2.05) is 23.1 Å². The van der Waals surface area contributed by atoms with E-state index in [-0.39, 0.29) is 18.4 Å². The van der Waals surface area contributed by atoms with Crippen LogP contribution in [-0.2, 0) is 21.2 Å². The number of para-hydroxylation sites is 1. The molecule has 1 aromatic heterocycles. The van der Waals surface area contributed by atoms with E-state index in [0.717, 1.165) is 22.3 Å². The zero-order valence-electron chi connectivity index (χ0n) is 14.1.